The van der Waals surface area contributed by atoms with Crippen molar-refractivity contribution in [1.29, 1.82) is 0 Å². The van der Waals surface area contributed by atoms with Gasteiger partial charge in [-0.1, -0.05) is 11.6 Å². The van der Waals surface area contributed by atoms with E-state index < -0.39 is 0 Å². The number of pyridine rings is 1. The van der Waals surface area contributed by atoms with E-state index in [0.29, 0.717) is 24.5 Å². The van der Waals surface area contributed by atoms with Crippen LogP contribution in [0.3, 0.4) is 0 Å². The van der Waals surface area contributed by atoms with Crippen molar-refractivity contribution in [1.82, 2.24) is 29.2 Å². The lowest BCUT2D eigenvalue weighted by molar-refractivity contribution is 0.0712. The smallest absolute Gasteiger partial charge is 0.254 e. The summed E-state index contributed by atoms with van der Waals surface area (Å²) in [5.41, 5.74) is 2.85. The lowest BCUT2D eigenvalue weighted by atomic mass is 10.2. The topological polar surface area (TPSA) is 68.8 Å². The quantitative estimate of drug-likeness (QED) is 0.537. The molecule has 3 aromatic heterocycles. The lowest BCUT2D eigenvalue weighted by Gasteiger charge is -2.29. The summed E-state index contributed by atoms with van der Waals surface area (Å²) in [5.74, 6) is 0.549. The van der Waals surface area contributed by atoms with Gasteiger partial charge >= 0.3 is 0 Å². The highest BCUT2D eigenvalue weighted by atomic mass is 35.5. The number of nitrogens with zero attached hydrogens (tertiary/aromatic N) is 6. The first-order valence-electron chi connectivity index (χ1n) is 8.57. The van der Waals surface area contributed by atoms with Crippen LogP contribution in [-0.4, -0.2) is 41.7 Å². The van der Waals surface area contributed by atoms with Gasteiger partial charge in [-0.3, -0.25) is 4.79 Å². The second-order valence-corrected chi connectivity index (χ2v) is 6.90. The van der Waals surface area contributed by atoms with Gasteiger partial charge in [0, 0.05) is 46.5 Å². The first-order chi connectivity index (χ1) is 13.2. The molecular formula is C19H15ClN6O. The highest BCUT2D eigenvalue weighted by molar-refractivity contribution is 6.31. The minimum absolute atomic E-state index is 0.0201. The predicted molar refractivity (Wildman–Crippen MR) is 101 cm³/mol. The Kier molecular flexibility index (Phi) is 3.68. The van der Waals surface area contributed by atoms with Gasteiger partial charge in [0.2, 0.25) is 0 Å². The van der Waals surface area contributed by atoms with Crippen LogP contribution in [0.15, 0.2) is 55.2 Å². The summed E-state index contributed by atoms with van der Waals surface area (Å²) in [6, 6.07) is 11.5. The molecule has 0 fully saturated rings. The molecule has 0 unspecified atom stereocenters. The summed E-state index contributed by atoms with van der Waals surface area (Å²) in [5, 5.41) is 5.88. The van der Waals surface area contributed by atoms with Crippen molar-refractivity contribution in [3.05, 3.63) is 71.5 Å². The number of carbonyl (C=O) groups excluding carboxylic acids is 1. The molecule has 1 aliphatic heterocycles. The molecule has 7 nitrogen and oxygen atoms in total. The third-order valence-electron chi connectivity index (χ3n) is 4.83. The van der Waals surface area contributed by atoms with Crippen LogP contribution >= 0.6 is 11.6 Å². The minimum Gasteiger partial charge on any atom is -0.341 e. The Morgan fingerprint density at radius 1 is 1.11 bits per heavy atom. The van der Waals surface area contributed by atoms with Gasteiger partial charge in [0.15, 0.2) is 5.82 Å². The molecule has 1 amide bonds. The predicted octanol–water partition coefficient (Wildman–Crippen LogP) is 2.93. The standard InChI is InChI=1S/C19H15ClN6O/c20-15-1-2-17-14(7-15)8-16-10-24(5-6-25(16)17)19(27)13-3-4-22-18(9-13)26-12-21-11-23-26/h1-4,7-9,11-12H,5-6,10H2. The monoisotopic (exact) mass is 378 g/mol. The zero-order valence-corrected chi connectivity index (χ0v) is 15.0. The summed E-state index contributed by atoms with van der Waals surface area (Å²) in [4.78, 5) is 23.1. The molecule has 8 heteroatoms. The Labute approximate surface area is 159 Å². The number of halogens is 1. The van der Waals surface area contributed by atoms with Gasteiger partial charge in [0.25, 0.3) is 5.91 Å². The molecule has 1 aromatic carbocycles. The highest BCUT2D eigenvalue weighted by Crippen LogP contribution is 2.27. The lowest BCUT2D eigenvalue weighted by Crippen LogP contribution is -2.38. The van der Waals surface area contributed by atoms with E-state index in [1.807, 2.05) is 23.1 Å². The van der Waals surface area contributed by atoms with Crippen molar-refractivity contribution in [2.75, 3.05) is 6.54 Å². The first kappa shape index (κ1) is 16.0. The molecular weight excluding hydrogens is 364 g/mol. The third kappa shape index (κ3) is 2.76. The fourth-order valence-corrected chi connectivity index (χ4v) is 3.73. The van der Waals surface area contributed by atoms with Crippen molar-refractivity contribution >= 4 is 28.4 Å². The second kappa shape index (κ2) is 6.21. The molecule has 0 saturated heterocycles. The molecule has 4 heterocycles. The highest BCUT2D eigenvalue weighted by Gasteiger charge is 2.23. The van der Waals surface area contributed by atoms with Crippen molar-refractivity contribution in [2.24, 2.45) is 0 Å². The fraction of sp³-hybridized carbons (Fsp3) is 0.158. The average molecular weight is 379 g/mol. The summed E-state index contributed by atoms with van der Waals surface area (Å²) >= 11 is 6.11. The van der Waals surface area contributed by atoms with Gasteiger partial charge in [0.05, 0.1) is 6.54 Å². The molecule has 0 saturated carbocycles. The van der Waals surface area contributed by atoms with Gasteiger partial charge < -0.3 is 9.47 Å². The Bertz CT molecular complexity index is 1150. The maximum absolute atomic E-state index is 13.0. The van der Waals surface area contributed by atoms with E-state index in [-0.39, 0.29) is 5.91 Å². The van der Waals surface area contributed by atoms with Crippen LogP contribution in [0.5, 0.6) is 0 Å². The Morgan fingerprint density at radius 3 is 2.89 bits per heavy atom. The normalized spacial score (nSPS) is 13.7. The molecule has 134 valence electrons. The van der Waals surface area contributed by atoms with Gasteiger partial charge in [0.1, 0.15) is 12.7 Å². The van der Waals surface area contributed by atoms with Crippen LogP contribution in [-0.2, 0) is 13.1 Å². The zero-order chi connectivity index (χ0) is 18.4. The molecule has 0 N–H and O–H groups in total. The van der Waals surface area contributed by atoms with E-state index >= 15 is 0 Å². The van der Waals surface area contributed by atoms with Crippen LogP contribution in [0, 0.1) is 0 Å². The number of benzene rings is 1. The molecule has 0 aliphatic carbocycles. The Hall–Kier alpha value is -3.19. The van der Waals surface area contributed by atoms with Crippen molar-refractivity contribution in [3.8, 4) is 5.82 Å². The molecule has 1 aliphatic rings. The maximum Gasteiger partial charge on any atom is 0.254 e. The number of aromatic nitrogens is 5. The largest absolute Gasteiger partial charge is 0.341 e. The molecule has 0 bridgehead atoms. The summed E-state index contributed by atoms with van der Waals surface area (Å²) in [6.45, 7) is 1.97. The number of hydrogen-bond donors (Lipinski definition) is 0. The van der Waals surface area contributed by atoms with Crippen LogP contribution in [0.2, 0.25) is 5.02 Å². The van der Waals surface area contributed by atoms with E-state index in [2.05, 4.69) is 25.7 Å². The molecule has 4 aromatic rings. The van der Waals surface area contributed by atoms with Crippen LogP contribution in [0.25, 0.3) is 16.7 Å². The summed E-state index contributed by atoms with van der Waals surface area (Å²) < 4.78 is 3.79. The molecule has 5 rings (SSSR count). The minimum atomic E-state index is -0.0201. The Morgan fingerprint density at radius 2 is 2.04 bits per heavy atom. The molecule has 0 atom stereocenters. The van der Waals surface area contributed by atoms with Gasteiger partial charge in [-0.15, -0.1) is 0 Å². The van der Waals surface area contributed by atoms with Crippen LogP contribution < -0.4 is 0 Å². The van der Waals surface area contributed by atoms with E-state index in [0.717, 1.165) is 28.2 Å². The third-order valence-corrected chi connectivity index (χ3v) is 5.06. The van der Waals surface area contributed by atoms with Gasteiger partial charge in [-0.2, -0.15) is 5.10 Å². The van der Waals surface area contributed by atoms with E-state index in [4.69, 9.17) is 11.6 Å². The molecule has 0 spiro atoms. The number of rotatable bonds is 2. The second-order valence-electron chi connectivity index (χ2n) is 6.46. The van der Waals surface area contributed by atoms with Gasteiger partial charge in [-0.25, -0.2) is 14.6 Å². The van der Waals surface area contributed by atoms with Crippen molar-refractivity contribution in [3.63, 3.8) is 0 Å². The van der Waals surface area contributed by atoms with Crippen LogP contribution in [0.1, 0.15) is 16.1 Å². The number of amides is 1. The first-order valence-corrected chi connectivity index (χ1v) is 8.95. The fourth-order valence-electron chi connectivity index (χ4n) is 3.55. The van der Waals surface area contributed by atoms with Crippen molar-refractivity contribution < 1.29 is 4.79 Å². The number of fused-ring (bicyclic) bond motifs is 3. The van der Waals surface area contributed by atoms with E-state index in [1.54, 1.807) is 24.7 Å². The Balaban J connectivity index is 1.44. The number of carbonyl (C=O) groups is 1. The molecule has 27 heavy (non-hydrogen) atoms. The van der Waals surface area contributed by atoms with Crippen LogP contribution in [0.4, 0.5) is 0 Å². The van der Waals surface area contributed by atoms with E-state index in [9.17, 15) is 4.79 Å². The van der Waals surface area contributed by atoms with Gasteiger partial charge in [-0.05, 0) is 36.4 Å². The summed E-state index contributed by atoms with van der Waals surface area (Å²) in [7, 11) is 0. The maximum atomic E-state index is 13.0. The summed E-state index contributed by atoms with van der Waals surface area (Å²) in [6.07, 6.45) is 4.61. The van der Waals surface area contributed by atoms with E-state index in [1.165, 1.54) is 11.0 Å². The van der Waals surface area contributed by atoms with Crippen molar-refractivity contribution in [2.45, 2.75) is 13.1 Å². The number of hydrogen-bond acceptors (Lipinski definition) is 4. The SMILES string of the molecule is O=C(c1ccnc(-n2cncn2)c1)N1CCn2c(cc3cc(Cl)ccc32)C1. The molecule has 0 radical (unpaired) electrons. The average Bonchev–Trinajstić information content (AvgIpc) is 3.34. The zero-order valence-electron chi connectivity index (χ0n) is 14.3.